The molecule has 1 atom stereocenters. The number of ether oxygens (including phenoxy) is 1. The highest BCUT2D eigenvalue weighted by Crippen LogP contribution is 2.24. The summed E-state index contributed by atoms with van der Waals surface area (Å²) in [5.74, 6) is -0.394. The Balaban J connectivity index is 2.49. The number of hydrogen-bond donors (Lipinski definition) is 1. The molecule has 0 saturated heterocycles. The van der Waals surface area contributed by atoms with Crippen molar-refractivity contribution >= 4 is 33.2 Å². The first-order valence-corrected chi connectivity index (χ1v) is 13.5. The molecular formula is C25H34N4O7S. The molecule has 12 heteroatoms. The van der Waals surface area contributed by atoms with Gasteiger partial charge in [-0.1, -0.05) is 25.1 Å². The molecule has 2 amide bonds. The second-order valence-electron chi connectivity index (χ2n) is 9.58. The SMILES string of the molecule is CC[C@@H](C(=O)NC(C)(C)C)N(Cc1ccc(OC)cc1)C(=O)CN(c1cccc([N+](=O)[O-])c1)S(C)(=O)=O. The number of nitro benzene ring substituents is 1. The van der Waals surface area contributed by atoms with Crippen LogP contribution in [0.4, 0.5) is 11.4 Å². The molecule has 0 radical (unpaired) electrons. The molecule has 0 bridgehead atoms. The first-order valence-electron chi connectivity index (χ1n) is 11.6. The van der Waals surface area contributed by atoms with Gasteiger partial charge in [0.15, 0.2) is 0 Å². The highest BCUT2D eigenvalue weighted by molar-refractivity contribution is 7.92. The summed E-state index contributed by atoms with van der Waals surface area (Å²) in [6, 6.07) is 11.1. The number of methoxy groups -OCH3 is 1. The standard InChI is InChI=1S/C25H34N4O7S/c1-7-22(24(31)26-25(2,3)4)27(16-18-11-13-21(36-5)14-12-18)23(30)17-28(37(6,34)35)19-9-8-10-20(15-19)29(32)33/h8-15,22H,7,16-17H2,1-6H3,(H,26,31)/t22-/m0/s1. The molecule has 0 saturated carbocycles. The van der Waals surface area contributed by atoms with Crippen LogP contribution in [0.15, 0.2) is 48.5 Å². The van der Waals surface area contributed by atoms with E-state index in [1.165, 1.54) is 30.2 Å². The average Bonchev–Trinajstić information content (AvgIpc) is 2.80. The molecule has 202 valence electrons. The topological polar surface area (TPSA) is 139 Å². The number of sulfonamides is 1. The van der Waals surface area contributed by atoms with E-state index in [-0.39, 0.29) is 30.2 Å². The number of nitrogens with zero attached hydrogens (tertiary/aromatic N) is 3. The number of benzene rings is 2. The molecule has 2 aromatic carbocycles. The Morgan fingerprint density at radius 2 is 1.76 bits per heavy atom. The predicted octanol–water partition coefficient (Wildman–Crippen LogP) is 3.09. The van der Waals surface area contributed by atoms with Crippen molar-refractivity contribution in [3.8, 4) is 5.75 Å². The monoisotopic (exact) mass is 534 g/mol. The Kier molecular flexibility index (Phi) is 9.62. The third-order valence-corrected chi connectivity index (χ3v) is 6.54. The van der Waals surface area contributed by atoms with Crippen LogP contribution in [0.3, 0.4) is 0 Å². The van der Waals surface area contributed by atoms with E-state index in [2.05, 4.69) is 5.32 Å². The van der Waals surface area contributed by atoms with Gasteiger partial charge in [0.05, 0.1) is 24.0 Å². The van der Waals surface area contributed by atoms with Crippen molar-refractivity contribution in [1.82, 2.24) is 10.2 Å². The smallest absolute Gasteiger partial charge is 0.271 e. The van der Waals surface area contributed by atoms with Crippen molar-refractivity contribution in [3.63, 3.8) is 0 Å². The zero-order chi connectivity index (χ0) is 28.0. The van der Waals surface area contributed by atoms with E-state index >= 15 is 0 Å². The molecule has 2 rings (SSSR count). The van der Waals surface area contributed by atoms with Gasteiger partial charge in [0, 0.05) is 24.2 Å². The largest absolute Gasteiger partial charge is 0.497 e. The van der Waals surface area contributed by atoms with E-state index in [0.29, 0.717) is 11.3 Å². The van der Waals surface area contributed by atoms with E-state index in [9.17, 15) is 28.1 Å². The Morgan fingerprint density at radius 3 is 2.24 bits per heavy atom. The summed E-state index contributed by atoms with van der Waals surface area (Å²) >= 11 is 0. The van der Waals surface area contributed by atoms with Crippen LogP contribution in [0.5, 0.6) is 5.75 Å². The van der Waals surface area contributed by atoms with E-state index in [1.807, 2.05) is 20.8 Å². The number of carbonyl (C=O) groups is 2. The number of amides is 2. The van der Waals surface area contributed by atoms with Crippen LogP contribution in [-0.4, -0.2) is 61.5 Å². The highest BCUT2D eigenvalue weighted by atomic mass is 32.2. The van der Waals surface area contributed by atoms with Gasteiger partial charge >= 0.3 is 0 Å². The average molecular weight is 535 g/mol. The minimum absolute atomic E-state index is 0.0263. The van der Waals surface area contributed by atoms with Crippen LogP contribution < -0.4 is 14.4 Å². The quantitative estimate of drug-likeness (QED) is 0.345. The van der Waals surface area contributed by atoms with Gasteiger partial charge in [-0.05, 0) is 51.0 Å². The minimum Gasteiger partial charge on any atom is -0.497 e. The maximum Gasteiger partial charge on any atom is 0.271 e. The number of nitro groups is 1. The first-order chi connectivity index (χ1) is 17.2. The van der Waals surface area contributed by atoms with E-state index in [1.54, 1.807) is 31.2 Å². The summed E-state index contributed by atoms with van der Waals surface area (Å²) in [4.78, 5) is 38.8. The normalized spacial score (nSPS) is 12.4. The van der Waals surface area contributed by atoms with Gasteiger partial charge in [0.1, 0.15) is 18.3 Å². The Bertz CT molecular complexity index is 1220. The molecule has 0 unspecified atom stereocenters. The number of nitrogens with one attached hydrogen (secondary N) is 1. The summed E-state index contributed by atoms with van der Waals surface area (Å²) in [7, 11) is -2.48. The number of non-ortho nitro benzene ring substituents is 1. The van der Waals surface area contributed by atoms with Gasteiger partial charge in [-0.3, -0.25) is 24.0 Å². The van der Waals surface area contributed by atoms with Gasteiger partial charge in [0.2, 0.25) is 21.8 Å². The Hall–Kier alpha value is -3.67. The van der Waals surface area contributed by atoms with Crippen molar-refractivity contribution < 1.29 is 27.7 Å². The molecule has 0 aromatic heterocycles. The van der Waals surface area contributed by atoms with Gasteiger partial charge in [-0.2, -0.15) is 0 Å². The van der Waals surface area contributed by atoms with E-state index in [0.717, 1.165) is 16.6 Å². The predicted molar refractivity (Wildman–Crippen MR) is 141 cm³/mol. The van der Waals surface area contributed by atoms with Crippen molar-refractivity contribution in [2.45, 2.75) is 52.2 Å². The third kappa shape index (κ3) is 8.45. The second-order valence-corrected chi connectivity index (χ2v) is 11.5. The zero-order valence-corrected chi connectivity index (χ0v) is 22.7. The zero-order valence-electron chi connectivity index (χ0n) is 21.9. The third-order valence-electron chi connectivity index (χ3n) is 5.40. The lowest BCUT2D eigenvalue weighted by Crippen LogP contribution is -2.55. The number of anilines is 1. The van der Waals surface area contributed by atoms with E-state index < -0.39 is 39.0 Å². The number of hydrogen-bond acceptors (Lipinski definition) is 7. The molecular weight excluding hydrogens is 500 g/mol. The fraction of sp³-hybridized carbons (Fsp3) is 0.440. The molecule has 37 heavy (non-hydrogen) atoms. The number of carbonyl (C=O) groups excluding carboxylic acids is 2. The fourth-order valence-electron chi connectivity index (χ4n) is 3.68. The lowest BCUT2D eigenvalue weighted by Gasteiger charge is -2.34. The summed E-state index contributed by atoms with van der Waals surface area (Å²) in [5.41, 5.74) is -0.190. The molecule has 0 fully saturated rings. The van der Waals surface area contributed by atoms with Crippen LogP contribution in [0.1, 0.15) is 39.7 Å². The van der Waals surface area contributed by atoms with E-state index in [4.69, 9.17) is 4.74 Å². The maximum atomic E-state index is 13.7. The molecule has 0 aliphatic carbocycles. The summed E-state index contributed by atoms with van der Waals surface area (Å²) in [5, 5.41) is 14.1. The Labute approximate surface area is 217 Å². The van der Waals surface area contributed by atoms with Crippen molar-refractivity contribution in [1.29, 1.82) is 0 Å². The van der Waals surface area contributed by atoms with Crippen LogP contribution in [-0.2, 0) is 26.2 Å². The highest BCUT2D eigenvalue weighted by Gasteiger charge is 2.33. The molecule has 1 N–H and O–H groups in total. The molecule has 0 aliphatic rings. The molecule has 0 heterocycles. The van der Waals surface area contributed by atoms with Crippen LogP contribution >= 0.6 is 0 Å². The lowest BCUT2D eigenvalue weighted by atomic mass is 10.1. The molecule has 0 aliphatic heterocycles. The Morgan fingerprint density at radius 1 is 1.14 bits per heavy atom. The van der Waals surface area contributed by atoms with Crippen molar-refractivity contribution in [2.24, 2.45) is 0 Å². The summed E-state index contributed by atoms with van der Waals surface area (Å²) < 4.78 is 31.3. The van der Waals surface area contributed by atoms with Gasteiger partial charge < -0.3 is 15.0 Å². The van der Waals surface area contributed by atoms with Crippen LogP contribution in [0.2, 0.25) is 0 Å². The van der Waals surface area contributed by atoms with Crippen molar-refractivity contribution in [3.05, 3.63) is 64.2 Å². The molecule has 0 spiro atoms. The molecule has 11 nitrogen and oxygen atoms in total. The second kappa shape index (κ2) is 12.0. The summed E-state index contributed by atoms with van der Waals surface area (Å²) in [6.07, 6.45) is 1.19. The van der Waals surface area contributed by atoms with Crippen molar-refractivity contribution in [2.75, 3.05) is 24.2 Å². The lowest BCUT2D eigenvalue weighted by molar-refractivity contribution is -0.384. The minimum atomic E-state index is -4.01. The number of rotatable bonds is 11. The fourth-order valence-corrected chi connectivity index (χ4v) is 4.52. The van der Waals surface area contributed by atoms with Gasteiger partial charge in [0.25, 0.3) is 5.69 Å². The summed E-state index contributed by atoms with van der Waals surface area (Å²) in [6.45, 7) is 6.61. The van der Waals surface area contributed by atoms with Crippen LogP contribution in [0, 0.1) is 10.1 Å². The molecule has 2 aromatic rings. The van der Waals surface area contributed by atoms with Gasteiger partial charge in [-0.15, -0.1) is 0 Å². The first kappa shape index (κ1) is 29.6. The van der Waals surface area contributed by atoms with Gasteiger partial charge in [-0.25, -0.2) is 8.42 Å². The maximum absolute atomic E-state index is 13.7. The van der Waals surface area contributed by atoms with Crippen LogP contribution in [0.25, 0.3) is 0 Å².